The van der Waals surface area contributed by atoms with Gasteiger partial charge < -0.3 is 14.2 Å². The largest absolute Gasteiger partial charge is 0.371 e. The molecule has 2 unspecified atom stereocenters. The minimum absolute atomic E-state index is 0.110. The zero-order valence-electron chi connectivity index (χ0n) is 10.5. The van der Waals surface area contributed by atoms with Crippen molar-refractivity contribution in [2.75, 3.05) is 7.11 Å². The van der Waals surface area contributed by atoms with Crippen molar-refractivity contribution in [2.24, 2.45) is 0 Å². The maximum absolute atomic E-state index is 5.92. The van der Waals surface area contributed by atoms with Crippen molar-refractivity contribution in [3.63, 3.8) is 0 Å². The molecule has 3 nitrogen and oxygen atoms in total. The fourth-order valence-corrected chi connectivity index (χ4v) is 2.14. The van der Waals surface area contributed by atoms with E-state index >= 15 is 0 Å². The Kier molecular flexibility index (Phi) is 4.54. The Bertz CT molecular complexity index is 325. The molecule has 0 saturated carbocycles. The maximum Gasteiger partial charge on any atom is 0.160 e. The second-order valence-corrected chi connectivity index (χ2v) is 4.32. The van der Waals surface area contributed by atoms with E-state index in [9.17, 15) is 0 Å². The van der Waals surface area contributed by atoms with Crippen molar-refractivity contribution in [1.82, 2.24) is 0 Å². The van der Waals surface area contributed by atoms with Gasteiger partial charge in [-0.3, -0.25) is 0 Å². The monoisotopic (exact) mass is 236 g/mol. The van der Waals surface area contributed by atoms with E-state index in [1.165, 1.54) is 5.56 Å². The summed E-state index contributed by atoms with van der Waals surface area (Å²) in [6, 6.07) is 10.2. The van der Waals surface area contributed by atoms with Crippen LogP contribution >= 0.6 is 0 Å². The molecular formula is C14H20O3. The topological polar surface area (TPSA) is 27.7 Å². The van der Waals surface area contributed by atoms with Gasteiger partial charge in [0.05, 0.1) is 18.8 Å². The van der Waals surface area contributed by atoms with Crippen LogP contribution in [0.2, 0.25) is 0 Å². The number of rotatable bonds is 5. The average molecular weight is 236 g/mol. The highest BCUT2D eigenvalue weighted by molar-refractivity contribution is 5.13. The van der Waals surface area contributed by atoms with Crippen molar-refractivity contribution in [3.05, 3.63) is 35.9 Å². The minimum atomic E-state index is -0.110. The first-order valence-corrected chi connectivity index (χ1v) is 6.17. The van der Waals surface area contributed by atoms with Crippen LogP contribution < -0.4 is 0 Å². The molecule has 1 aromatic rings. The number of hydrogen-bond acceptors (Lipinski definition) is 3. The van der Waals surface area contributed by atoms with Crippen molar-refractivity contribution in [1.29, 1.82) is 0 Å². The van der Waals surface area contributed by atoms with Gasteiger partial charge in [-0.1, -0.05) is 37.3 Å². The molecule has 3 heteroatoms. The summed E-state index contributed by atoms with van der Waals surface area (Å²) in [6.07, 6.45) is 1.97. The van der Waals surface area contributed by atoms with E-state index < -0.39 is 0 Å². The van der Waals surface area contributed by atoms with Crippen LogP contribution in [-0.2, 0) is 20.8 Å². The molecule has 1 saturated heterocycles. The van der Waals surface area contributed by atoms with Crippen LogP contribution in [0.5, 0.6) is 0 Å². The van der Waals surface area contributed by atoms with Crippen LogP contribution in [-0.4, -0.2) is 25.6 Å². The molecule has 0 bridgehead atoms. The lowest BCUT2D eigenvalue weighted by molar-refractivity contribution is -0.120. The maximum atomic E-state index is 5.92. The minimum Gasteiger partial charge on any atom is -0.371 e. The average Bonchev–Trinajstić information content (AvgIpc) is 2.80. The molecule has 94 valence electrons. The second kappa shape index (κ2) is 6.15. The van der Waals surface area contributed by atoms with Gasteiger partial charge in [-0.2, -0.15) is 0 Å². The molecule has 0 N–H and O–H groups in total. The zero-order chi connectivity index (χ0) is 12.1. The SMILES string of the molecule is CCC1OC(OC)C[C@H]1OCc1ccccc1. The molecule has 0 aromatic heterocycles. The van der Waals surface area contributed by atoms with E-state index in [0.29, 0.717) is 6.61 Å². The molecule has 0 amide bonds. The highest BCUT2D eigenvalue weighted by Crippen LogP contribution is 2.26. The van der Waals surface area contributed by atoms with Gasteiger partial charge in [0.25, 0.3) is 0 Å². The molecule has 0 spiro atoms. The Morgan fingerprint density at radius 3 is 2.71 bits per heavy atom. The van der Waals surface area contributed by atoms with E-state index in [1.807, 2.05) is 18.2 Å². The van der Waals surface area contributed by atoms with Crippen molar-refractivity contribution in [2.45, 2.75) is 44.9 Å². The number of hydrogen-bond donors (Lipinski definition) is 0. The van der Waals surface area contributed by atoms with Crippen LogP contribution in [0.1, 0.15) is 25.3 Å². The quantitative estimate of drug-likeness (QED) is 0.786. The summed E-state index contributed by atoms with van der Waals surface area (Å²) in [5.74, 6) is 0. The van der Waals surface area contributed by atoms with E-state index in [1.54, 1.807) is 7.11 Å². The molecule has 1 heterocycles. The fraction of sp³-hybridized carbons (Fsp3) is 0.571. The molecule has 1 aliphatic heterocycles. The standard InChI is InChI=1S/C14H20O3/c1-3-12-13(9-14(15-2)17-12)16-10-11-7-5-4-6-8-11/h4-8,12-14H,3,9-10H2,1-2H3/t12?,13-,14?/m1/s1. The highest BCUT2D eigenvalue weighted by atomic mass is 16.7. The number of ether oxygens (including phenoxy) is 3. The third kappa shape index (κ3) is 3.28. The Morgan fingerprint density at radius 2 is 2.06 bits per heavy atom. The van der Waals surface area contributed by atoms with Gasteiger partial charge >= 0.3 is 0 Å². The lowest BCUT2D eigenvalue weighted by Crippen LogP contribution is -2.23. The van der Waals surface area contributed by atoms with Gasteiger partial charge in [0.1, 0.15) is 0 Å². The predicted molar refractivity (Wildman–Crippen MR) is 65.6 cm³/mol. The first-order valence-electron chi connectivity index (χ1n) is 6.17. The van der Waals surface area contributed by atoms with Crippen LogP contribution in [0.15, 0.2) is 30.3 Å². The van der Waals surface area contributed by atoms with Gasteiger partial charge in [0.15, 0.2) is 6.29 Å². The summed E-state index contributed by atoms with van der Waals surface area (Å²) in [7, 11) is 1.68. The fourth-order valence-electron chi connectivity index (χ4n) is 2.14. The Morgan fingerprint density at radius 1 is 1.29 bits per heavy atom. The second-order valence-electron chi connectivity index (χ2n) is 4.32. The normalized spacial score (nSPS) is 28.5. The van der Waals surface area contributed by atoms with Crippen LogP contribution in [0.25, 0.3) is 0 Å². The first kappa shape index (κ1) is 12.6. The number of benzene rings is 1. The van der Waals surface area contributed by atoms with Crippen molar-refractivity contribution in [3.8, 4) is 0 Å². The molecule has 3 atom stereocenters. The van der Waals surface area contributed by atoms with Crippen LogP contribution in [0.4, 0.5) is 0 Å². The molecule has 1 aromatic carbocycles. The molecule has 1 aliphatic rings. The highest BCUT2D eigenvalue weighted by Gasteiger charge is 2.34. The van der Waals surface area contributed by atoms with Gasteiger partial charge in [0, 0.05) is 13.5 Å². The van der Waals surface area contributed by atoms with Gasteiger partial charge in [-0.15, -0.1) is 0 Å². The summed E-state index contributed by atoms with van der Waals surface area (Å²) in [5, 5.41) is 0. The molecule has 1 fully saturated rings. The number of methoxy groups -OCH3 is 1. The van der Waals surface area contributed by atoms with Crippen LogP contribution in [0, 0.1) is 0 Å². The predicted octanol–water partition coefficient (Wildman–Crippen LogP) is 2.74. The Balaban J connectivity index is 1.86. The summed E-state index contributed by atoms with van der Waals surface area (Å²) in [5.41, 5.74) is 1.20. The van der Waals surface area contributed by atoms with Gasteiger partial charge in [0.2, 0.25) is 0 Å². The third-order valence-corrected chi connectivity index (χ3v) is 3.14. The summed E-state index contributed by atoms with van der Waals surface area (Å²) in [4.78, 5) is 0. The van der Waals surface area contributed by atoms with Crippen LogP contribution in [0.3, 0.4) is 0 Å². The van der Waals surface area contributed by atoms with E-state index in [4.69, 9.17) is 14.2 Å². The summed E-state index contributed by atoms with van der Waals surface area (Å²) < 4.78 is 16.9. The van der Waals surface area contributed by atoms with E-state index in [2.05, 4.69) is 19.1 Å². The molecular weight excluding hydrogens is 216 g/mol. The third-order valence-electron chi connectivity index (χ3n) is 3.14. The van der Waals surface area contributed by atoms with Gasteiger partial charge in [-0.05, 0) is 12.0 Å². The lowest BCUT2D eigenvalue weighted by atomic mass is 10.1. The summed E-state index contributed by atoms with van der Waals surface area (Å²) >= 11 is 0. The van der Waals surface area contributed by atoms with E-state index in [-0.39, 0.29) is 18.5 Å². The first-order chi connectivity index (χ1) is 8.33. The van der Waals surface area contributed by atoms with E-state index in [0.717, 1.165) is 12.8 Å². The Labute approximate surface area is 103 Å². The van der Waals surface area contributed by atoms with Crippen molar-refractivity contribution < 1.29 is 14.2 Å². The molecule has 2 rings (SSSR count). The zero-order valence-corrected chi connectivity index (χ0v) is 10.5. The molecule has 0 aliphatic carbocycles. The summed E-state index contributed by atoms with van der Waals surface area (Å²) in [6.45, 7) is 2.75. The van der Waals surface area contributed by atoms with Gasteiger partial charge in [-0.25, -0.2) is 0 Å². The Hall–Kier alpha value is -0.900. The smallest absolute Gasteiger partial charge is 0.160 e. The lowest BCUT2D eigenvalue weighted by Gasteiger charge is -2.17. The van der Waals surface area contributed by atoms with Crippen molar-refractivity contribution >= 4 is 0 Å². The molecule has 0 radical (unpaired) electrons. The molecule has 17 heavy (non-hydrogen) atoms.